The first-order valence-corrected chi connectivity index (χ1v) is 4.31. The normalized spacial score (nSPS) is 11.6. The quantitative estimate of drug-likeness (QED) is 0.685. The van der Waals surface area contributed by atoms with Crippen molar-refractivity contribution in [1.82, 2.24) is 0 Å². The van der Waals surface area contributed by atoms with Gasteiger partial charge in [-0.2, -0.15) is 0 Å². The molecule has 74 valence electrons. The number of benzene rings is 1. The molecule has 1 rings (SSSR count). The van der Waals surface area contributed by atoms with Crippen LogP contribution < -0.4 is 9.47 Å². The molecule has 0 aromatic heterocycles. The Bertz CT molecular complexity index is 355. The van der Waals surface area contributed by atoms with Crippen LogP contribution in [-0.2, 0) is 0 Å². The van der Waals surface area contributed by atoms with E-state index in [9.17, 15) is 0 Å². The summed E-state index contributed by atoms with van der Waals surface area (Å²) in [6.07, 6.45) is 0. The summed E-state index contributed by atoms with van der Waals surface area (Å²) in [5, 5.41) is 0. The van der Waals surface area contributed by atoms with E-state index >= 15 is 0 Å². The second-order valence-electron chi connectivity index (χ2n) is 2.91. The zero-order valence-corrected chi connectivity index (χ0v) is 8.57. The van der Waals surface area contributed by atoms with Gasteiger partial charge in [-0.1, -0.05) is 0 Å². The van der Waals surface area contributed by atoms with Gasteiger partial charge >= 0.3 is 0 Å². The first kappa shape index (κ1) is 10.4. The van der Waals surface area contributed by atoms with Gasteiger partial charge in [-0.15, -0.1) is 0 Å². The maximum Gasteiger partial charge on any atom is 0.249 e. The highest BCUT2D eigenvalue weighted by molar-refractivity contribution is 5.42. The van der Waals surface area contributed by atoms with Crippen LogP contribution in [0.4, 0.5) is 0 Å². The number of ether oxygens (including phenoxy) is 2. The highest BCUT2D eigenvalue weighted by Gasteiger charge is 2.15. The first-order valence-electron chi connectivity index (χ1n) is 4.31. The first-order chi connectivity index (χ1) is 6.72. The lowest BCUT2D eigenvalue weighted by molar-refractivity contribution is 0.398. The third-order valence-electron chi connectivity index (χ3n) is 2.08. The molecule has 1 unspecified atom stereocenters. The van der Waals surface area contributed by atoms with Crippen LogP contribution in [0.1, 0.15) is 18.5 Å². The Morgan fingerprint density at radius 1 is 1.29 bits per heavy atom. The summed E-state index contributed by atoms with van der Waals surface area (Å²) in [5.41, 5.74) is 0.863. The average Bonchev–Trinajstić information content (AvgIpc) is 2.27. The molecule has 0 N–H and O–H groups in total. The molecule has 3 nitrogen and oxygen atoms in total. The van der Waals surface area contributed by atoms with E-state index in [2.05, 4.69) is 4.85 Å². The fourth-order valence-electron chi connectivity index (χ4n) is 1.24. The molecule has 0 saturated heterocycles. The predicted molar refractivity (Wildman–Crippen MR) is 54.6 cm³/mol. The van der Waals surface area contributed by atoms with E-state index in [-0.39, 0.29) is 6.04 Å². The highest BCUT2D eigenvalue weighted by atomic mass is 16.5. The number of hydrogen-bond acceptors (Lipinski definition) is 2. The molecular weight excluding hydrogens is 178 g/mol. The van der Waals surface area contributed by atoms with Gasteiger partial charge in [-0.3, -0.25) is 0 Å². The summed E-state index contributed by atoms with van der Waals surface area (Å²) in [6, 6.07) is 5.26. The van der Waals surface area contributed by atoms with Crippen molar-refractivity contribution in [3.05, 3.63) is 35.2 Å². The summed E-state index contributed by atoms with van der Waals surface area (Å²) in [5.74, 6) is 1.48. The zero-order valence-electron chi connectivity index (χ0n) is 8.57. The molecule has 3 heteroatoms. The zero-order chi connectivity index (χ0) is 10.6. The maximum atomic E-state index is 6.97. The van der Waals surface area contributed by atoms with Crippen LogP contribution in [0.2, 0.25) is 0 Å². The summed E-state index contributed by atoms with van der Waals surface area (Å²) >= 11 is 0. The number of nitrogens with zero attached hydrogens (tertiary/aromatic N) is 1. The number of hydrogen-bond donors (Lipinski definition) is 0. The van der Waals surface area contributed by atoms with Crippen LogP contribution in [0, 0.1) is 6.57 Å². The lowest BCUT2D eigenvalue weighted by Crippen LogP contribution is -1.95. The standard InChI is InChI=1S/C11H13NO2/c1-8(12-2)10-7-9(13-3)5-6-11(10)14-4/h5-8H,1,3-4H3. The Balaban J connectivity index is 3.16. The van der Waals surface area contributed by atoms with Crippen LogP contribution in [-0.4, -0.2) is 14.2 Å². The molecule has 1 aromatic rings. The van der Waals surface area contributed by atoms with Crippen molar-refractivity contribution in [3.8, 4) is 11.5 Å². The van der Waals surface area contributed by atoms with Crippen molar-refractivity contribution in [2.75, 3.05) is 14.2 Å². The van der Waals surface area contributed by atoms with Gasteiger partial charge in [0.05, 0.1) is 19.8 Å². The molecule has 0 aliphatic carbocycles. The summed E-state index contributed by atoms with van der Waals surface area (Å²) in [7, 11) is 3.20. The number of rotatable bonds is 3. The molecule has 0 radical (unpaired) electrons. The van der Waals surface area contributed by atoms with Gasteiger partial charge in [0, 0.05) is 6.92 Å². The molecule has 0 aliphatic rings. The molecule has 1 aromatic carbocycles. The molecule has 0 fully saturated rings. The van der Waals surface area contributed by atoms with Gasteiger partial charge in [0.15, 0.2) is 0 Å². The molecular formula is C11H13NO2. The van der Waals surface area contributed by atoms with E-state index in [1.807, 2.05) is 25.1 Å². The fraction of sp³-hybridized carbons (Fsp3) is 0.364. The van der Waals surface area contributed by atoms with E-state index < -0.39 is 0 Å². The van der Waals surface area contributed by atoms with Crippen molar-refractivity contribution < 1.29 is 9.47 Å². The van der Waals surface area contributed by atoms with Crippen LogP contribution in [0.3, 0.4) is 0 Å². The lowest BCUT2D eigenvalue weighted by Gasteiger charge is -2.09. The van der Waals surface area contributed by atoms with Gasteiger partial charge in [0.1, 0.15) is 11.5 Å². The number of methoxy groups -OCH3 is 2. The Kier molecular flexibility index (Phi) is 3.35. The molecule has 0 saturated carbocycles. The topological polar surface area (TPSA) is 22.8 Å². The molecule has 0 aliphatic heterocycles. The lowest BCUT2D eigenvalue weighted by atomic mass is 10.1. The molecule has 0 heterocycles. The Labute approximate surface area is 84.1 Å². The fourth-order valence-corrected chi connectivity index (χ4v) is 1.24. The Morgan fingerprint density at radius 2 is 2.00 bits per heavy atom. The smallest absolute Gasteiger partial charge is 0.249 e. The van der Waals surface area contributed by atoms with E-state index in [1.54, 1.807) is 14.2 Å². The third kappa shape index (κ3) is 1.97. The second kappa shape index (κ2) is 4.52. The van der Waals surface area contributed by atoms with Gasteiger partial charge in [-0.25, -0.2) is 6.57 Å². The molecule has 0 bridgehead atoms. The summed E-state index contributed by atoms with van der Waals surface area (Å²) in [6.45, 7) is 8.81. The van der Waals surface area contributed by atoms with E-state index in [0.717, 1.165) is 17.1 Å². The maximum absolute atomic E-state index is 6.97. The van der Waals surface area contributed by atoms with E-state index in [0.29, 0.717) is 0 Å². The molecule has 1 atom stereocenters. The van der Waals surface area contributed by atoms with E-state index in [1.165, 1.54) is 0 Å². The minimum atomic E-state index is -0.208. The van der Waals surface area contributed by atoms with Crippen LogP contribution >= 0.6 is 0 Å². The van der Waals surface area contributed by atoms with Gasteiger partial charge in [0.25, 0.3) is 0 Å². The third-order valence-corrected chi connectivity index (χ3v) is 2.08. The molecule has 0 spiro atoms. The monoisotopic (exact) mass is 191 g/mol. The molecule has 0 amide bonds. The second-order valence-corrected chi connectivity index (χ2v) is 2.91. The van der Waals surface area contributed by atoms with Gasteiger partial charge in [0.2, 0.25) is 6.04 Å². The van der Waals surface area contributed by atoms with Crippen molar-refractivity contribution in [3.63, 3.8) is 0 Å². The van der Waals surface area contributed by atoms with Crippen molar-refractivity contribution >= 4 is 0 Å². The van der Waals surface area contributed by atoms with Crippen molar-refractivity contribution in [2.24, 2.45) is 0 Å². The highest BCUT2D eigenvalue weighted by Crippen LogP contribution is 2.30. The van der Waals surface area contributed by atoms with Crippen LogP contribution in [0.15, 0.2) is 18.2 Å². The SMILES string of the molecule is [C-]#[N+]C(C)c1cc(OC)ccc1OC. The largest absolute Gasteiger partial charge is 0.497 e. The van der Waals surface area contributed by atoms with Crippen LogP contribution in [0.25, 0.3) is 4.85 Å². The van der Waals surface area contributed by atoms with Crippen LogP contribution in [0.5, 0.6) is 11.5 Å². The predicted octanol–water partition coefficient (Wildman–Crippen LogP) is 2.68. The average molecular weight is 191 g/mol. The van der Waals surface area contributed by atoms with Crippen molar-refractivity contribution in [2.45, 2.75) is 13.0 Å². The van der Waals surface area contributed by atoms with E-state index in [4.69, 9.17) is 16.0 Å². The Morgan fingerprint density at radius 3 is 2.50 bits per heavy atom. The summed E-state index contributed by atoms with van der Waals surface area (Å²) < 4.78 is 10.3. The summed E-state index contributed by atoms with van der Waals surface area (Å²) in [4.78, 5) is 3.46. The van der Waals surface area contributed by atoms with Gasteiger partial charge in [-0.05, 0) is 18.2 Å². The Hall–Kier alpha value is -1.69. The van der Waals surface area contributed by atoms with Crippen molar-refractivity contribution in [1.29, 1.82) is 0 Å². The molecule has 14 heavy (non-hydrogen) atoms. The minimum absolute atomic E-state index is 0.208. The van der Waals surface area contributed by atoms with Gasteiger partial charge < -0.3 is 14.3 Å². The minimum Gasteiger partial charge on any atom is -0.497 e.